The van der Waals surface area contributed by atoms with Crippen LogP contribution in [0.2, 0.25) is 38.3 Å². The van der Waals surface area contributed by atoms with E-state index in [0.29, 0.717) is 13.2 Å². The fourth-order valence-corrected chi connectivity index (χ4v) is 12.9. The van der Waals surface area contributed by atoms with Crippen molar-refractivity contribution in [2.45, 2.75) is 87.7 Å². The average molecular weight is 695 g/mol. The van der Waals surface area contributed by atoms with Crippen LogP contribution in [0.1, 0.15) is 12.8 Å². The van der Waals surface area contributed by atoms with E-state index in [1.807, 2.05) is 0 Å². The molecule has 0 aliphatic heterocycles. The van der Waals surface area contributed by atoms with Crippen LogP contribution in [0.25, 0.3) is 0 Å². The van der Waals surface area contributed by atoms with Crippen LogP contribution in [0.4, 0.5) is 0 Å². The van der Waals surface area contributed by atoms with E-state index >= 15 is 0 Å². The first kappa shape index (κ1) is 44.8. The van der Waals surface area contributed by atoms with Gasteiger partial charge in [-0.15, -0.1) is 0 Å². The number of hydrogen-bond acceptors (Lipinski definition) is 15. The molecule has 0 saturated carbocycles. The maximum Gasteiger partial charge on any atom is 0.173 e. The van der Waals surface area contributed by atoms with Crippen molar-refractivity contribution in [1.82, 2.24) is 0 Å². The lowest BCUT2D eigenvalue weighted by molar-refractivity contribution is -0.0674. The Hall–Kier alpha value is -0.166. The molecule has 45 heavy (non-hydrogen) atoms. The van der Waals surface area contributed by atoms with Gasteiger partial charge in [-0.25, -0.2) is 0 Å². The van der Waals surface area contributed by atoms with Crippen molar-refractivity contribution in [2.24, 2.45) is 0 Å². The minimum Gasteiger partial charge on any atom is -0.455 e. The Labute approximate surface area is 270 Å². The zero-order valence-electron chi connectivity index (χ0n) is 27.6. The predicted molar refractivity (Wildman–Crippen MR) is 170 cm³/mol. The normalized spacial score (nSPS) is 16.8. The molecule has 0 aromatic heterocycles. The molecule has 0 spiro atoms. The van der Waals surface area contributed by atoms with Crippen LogP contribution in [0.5, 0.6) is 0 Å². The second-order valence-corrected chi connectivity index (χ2v) is 21.3. The SMILES string of the molecule is C[Si](C)(CCCOCC(O)COCC(O)COCC(O)CO)O[Si](C)(C)CCCOCC(O)COCC(O)COCC(O)CO. The summed E-state index contributed by atoms with van der Waals surface area (Å²) in [7, 11) is -3.84. The molecule has 6 atom stereocenters. The highest BCUT2D eigenvalue weighted by Crippen LogP contribution is 2.24. The van der Waals surface area contributed by atoms with Gasteiger partial charge in [-0.1, -0.05) is 0 Å². The zero-order chi connectivity index (χ0) is 34.1. The van der Waals surface area contributed by atoms with E-state index in [9.17, 15) is 30.6 Å². The van der Waals surface area contributed by atoms with Crippen LogP contribution in [0, 0.1) is 0 Å². The summed E-state index contributed by atoms with van der Waals surface area (Å²) in [6.07, 6.45) is -3.81. The van der Waals surface area contributed by atoms with Gasteiger partial charge in [-0.05, 0) is 51.1 Å². The number of hydrogen-bond donors (Lipinski definition) is 8. The molecule has 0 aliphatic rings. The maximum atomic E-state index is 10.0. The van der Waals surface area contributed by atoms with Crippen molar-refractivity contribution in [1.29, 1.82) is 0 Å². The highest BCUT2D eigenvalue weighted by Gasteiger charge is 2.32. The number of aliphatic hydroxyl groups is 8. The molecule has 0 aliphatic carbocycles. The lowest BCUT2D eigenvalue weighted by Gasteiger charge is -2.34. The molecular formula is C28H62O15Si2. The van der Waals surface area contributed by atoms with E-state index in [1.54, 1.807) is 0 Å². The molecule has 8 N–H and O–H groups in total. The third-order valence-electron chi connectivity index (χ3n) is 6.21. The predicted octanol–water partition coefficient (Wildman–Crippen LogP) is -1.56. The minimum absolute atomic E-state index is 0.0101. The van der Waals surface area contributed by atoms with Crippen molar-refractivity contribution in [3.8, 4) is 0 Å². The van der Waals surface area contributed by atoms with Crippen LogP contribution >= 0.6 is 0 Å². The molecule has 0 rings (SSSR count). The van der Waals surface area contributed by atoms with E-state index in [-0.39, 0.29) is 66.1 Å². The summed E-state index contributed by atoms with van der Waals surface area (Å²) < 4.78 is 38.5. The van der Waals surface area contributed by atoms with Crippen LogP contribution < -0.4 is 0 Å². The van der Waals surface area contributed by atoms with Gasteiger partial charge < -0.3 is 73.4 Å². The molecule has 0 heterocycles. The van der Waals surface area contributed by atoms with Crippen molar-refractivity contribution >= 4 is 16.6 Å². The van der Waals surface area contributed by atoms with Crippen molar-refractivity contribution in [2.75, 3.05) is 92.5 Å². The van der Waals surface area contributed by atoms with Crippen molar-refractivity contribution in [3.05, 3.63) is 0 Å². The Balaban J connectivity index is 3.90. The Morgan fingerprint density at radius 1 is 0.400 bits per heavy atom. The standard InChI is InChI=1S/C28H62O15Si2/c1-44(2,9-5-7-37-15-25(33)17-41-21-27(35)19-39-13-23(31)11-29)43-45(3,4)10-6-8-38-16-26(34)18-42-22-28(36)20-40-14-24(32)12-30/h23-36H,5-22H2,1-4H3. The molecule has 0 fully saturated rings. The van der Waals surface area contributed by atoms with Crippen molar-refractivity contribution in [3.63, 3.8) is 0 Å². The number of rotatable bonds is 32. The zero-order valence-corrected chi connectivity index (χ0v) is 29.6. The smallest absolute Gasteiger partial charge is 0.173 e. The van der Waals surface area contributed by atoms with E-state index in [2.05, 4.69) is 26.2 Å². The minimum atomic E-state index is -1.92. The highest BCUT2D eigenvalue weighted by molar-refractivity contribution is 6.84. The summed E-state index contributed by atoms with van der Waals surface area (Å²) in [6, 6.07) is 1.84. The van der Waals surface area contributed by atoms with Crippen LogP contribution in [-0.4, -0.2) is 187 Å². The summed E-state index contributed by atoms with van der Waals surface area (Å²) in [5, 5.41) is 75.4. The van der Waals surface area contributed by atoms with Crippen LogP contribution in [0.15, 0.2) is 0 Å². The van der Waals surface area contributed by atoms with E-state index < -0.39 is 66.5 Å². The fraction of sp³-hybridized carbons (Fsp3) is 1.00. The van der Waals surface area contributed by atoms with Crippen LogP contribution in [0.3, 0.4) is 0 Å². The Morgan fingerprint density at radius 3 is 0.911 bits per heavy atom. The average Bonchev–Trinajstić information content (AvgIpc) is 2.95. The monoisotopic (exact) mass is 694 g/mol. The summed E-state index contributed by atoms with van der Waals surface area (Å²) in [6.45, 7) is 8.86. The second kappa shape index (κ2) is 26.7. The van der Waals surface area contributed by atoms with Crippen molar-refractivity contribution < 1.29 is 73.4 Å². The molecule has 0 saturated heterocycles. The van der Waals surface area contributed by atoms with Gasteiger partial charge >= 0.3 is 0 Å². The van der Waals surface area contributed by atoms with E-state index in [4.69, 9.17) is 42.7 Å². The largest absolute Gasteiger partial charge is 0.455 e. The Bertz CT molecular complexity index is 626. The van der Waals surface area contributed by atoms with E-state index in [1.165, 1.54) is 0 Å². The van der Waals surface area contributed by atoms with Gasteiger partial charge in [0.2, 0.25) is 0 Å². The summed E-state index contributed by atoms with van der Waals surface area (Å²) in [4.78, 5) is 0. The molecule has 6 unspecified atom stereocenters. The molecule has 0 amide bonds. The molecule has 272 valence electrons. The molecule has 0 aromatic carbocycles. The highest BCUT2D eigenvalue weighted by atomic mass is 28.4. The molecule has 0 aromatic rings. The lowest BCUT2D eigenvalue weighted by Crippen LogP contribution is -2.44. The van der Waals surface area contributed by atoms with Gasteiger partial charge in [0.05, 0.1) is 79.3 Å². The maximum absolute atomic E-state index is 10.0. The first-order chi connectivity index (χ1) is 21.2. The molecule has 0 radical (unpaired) electrons. The van der Waals surface area contributed by atoms with Gasteiger partial charge in [0, 0.05) is 13.2 Å². The summed E-state index contributed by atoms with van der Waals surface area (Å²) >= 11 is 0. The Kier molecular flexibility index (Phi) is 26.6. The van der Waals surface area contributed by atoms with Gasteiger partial charge in [0.1, 0.15) is 36.6 Å². The lowest BCUT2D eigenvalue weighted by atomic mass is 10.4. The second-order valence-electron chi connectivity index (χ2n) is 12.4. The molecule has 0 bridgehead atoms. The number of aliphatic hydroxyl groups excluding tert-OH is 8. The topological polar surface area (TPSA) is 226 Å². The first-order valence-electron chi connectivity index (χ1n) is 15.7. The molecule has 15 nitrogen and oxygen atoms in total. The fourth-order valence-electron chi connectivity index (χ4n) is 4.15. The quantitative estimate of drug-likeness (QED) is 0.0295. The Morgan fingerprint density at radius 2 is 0.644 bits per heavy atom. The van der Waals surface area contributed by atoms with E-state index in [0.717, 1.165) is 24.9 Å². The number of ether oxygens (including phenoxy) is 6. The third kappa shape index (κ3) is 28.6. The van der Waals surface area contributed by atoms with Crippen LogP contribution in [-0.2, 0) is 32.5 Å². The summed E-state index contributed by atoms with van der Waals surface area (Å²) in [5.74, 6) is 0. The third-order valence-corrected chi connectivity index (χ3v) is 13.7. The van der Waals surface area contributed by atoms with Gasteiger partial charge in [0.15, 0.2) is 16.6 Å². The van der Waals surface area contributed by atoms with Gasteiger partial charge in [-0.2, -0.15) is 0 Å². The first-order valence-corrected chi connectivity index (χ1v) is 21.9. The van der Waals surface area contributed by atoms with Gasteiger partial charge in [0.25, 0.3) is 0 Å². The summed E-state index contributed by atoms with van der Waals surface area (Å²) in [5.41, 5.74) is 0. The van der Waals surface area contributed by atoms with Gasteiger partial charge in [-0.3, -0.25) is 0 Å². The molecule has 17 heteroatoms. The molecular weight excluding hydrogens is 632 g/mol.